The molecule has 0 aliphatic heterocycles. The maximum atomic E-state index is 13.1. The number of hydrogen-bond donors (Lipinski definition) is 2. The third-order valence-electron chi connectivity index (χ3n) is 3.98. The molecule has 6 heteroatoms. The van der Waals surface area contributed by atoms with Gasteiger partial charge in [0.1, 0.15) is 5.82 Å². The van der Waals surface area contributed by atoms with Crippen LogP contribution in [0, 0.1) is 11.7 Å². The Kier molecular flexibility index (Phi) is 4.81. The fourth-order valence-electron chi connectivity index (χ4n) is 2.63. The van der Waals surface area contributed by atoms with Crippen molar-refractivity contribution >= 4 is 29.1 Å². The van der Waals surface area contributed by atoms with Crippen LogP contribution >= 0.6 is 11.6 Å². The zero-order valence-corrected chi connectivity index (χ0v) is 13.5. The van der Waals surface area contributed by atoms with E-state index in [2.05, 4.69) is 10.6 Å². The van der Waals surface area contributed by atoms with Gasteiger partial charge in [-0.05, 0) is 36.1 Å². The molecular formula is C18H16ClFN2O2. The summed E-state index contributed by atoms with van der Waals surface area (Å²) in [6, 6.07) is 13.7. The Morgan fingerprint density at radius 2 is 1.92 bits per heavy atom. The van der Waals surface area contributed by atoms with Gasteiger partial charge in [0.05, 0.1) is 11.6 Å². The molecule has 0 spiro atoms. The van der Waals surface area contributed by atoms with Crippen LogP contribution in [0.15, 0.2) is 48.5 Å². The van der Waals surface area contributed by atoms with E-state index in [0.717, 1.165) is 12.0 Å². The van der Waals surface area contributed by atoms with Crippen molar-refractivity contribution in [3.63, 3.8) is 0 Å². The molecule has 0 radical (unpaired) electrons. The minimum Gasteiger partial charge on any atom is -0.347 e. The lowest BCUT2D eigenvalue weighted by Gasteiger charge is -2.07. The smallest absolute Gasteiger partial charge is 0.243 e. The van der Waals surface area contributed by atoms with Gasteiger partial charge in [-0.3, -0.25) is 9.59 Å². The van der Waals surface area contributed by atoms with Crippen LogP contribution in [0.4, 0.5) is 10.1 Å². The third kappa shape index (κ3) is 3.92. The number of nitrogens with one attached hydrogen (secondary N) is 2. The normalized spacial score (nSPS) is 18.8. The fraction of sp³-hybridized carbons (Fsp3) is 0.222. The predicted molar refractivity (Wildman–Crippen MR) is 90.3 cm³/mol. The van der Waals surface area contributed by atoms with Gasteiger partial charge in [-0.25, -0.2) is 4.39 Å². The quantitative estimate of drug-likeness (QED) is 0.872. The zero-order valence-electron chi connectivity index (χ0n) is 12.8. The van der Waals surface area contributed by atoms with Crippen molar-refractivity contribution in [3.8, 4) is 0 Å². The Morgan fingerprint density at radius 3 is 2.62 bits per heavy atom. The molecule has 2 aromatic rings. The molecule has 1 saturated carbocycles. The van der Waals surface area contributed by atoms with Crippen LogP contribution in [0.25, 0.3) is 0 Å². The Balaban J connectivity index is 1.46. The molecule has 1 fully saturated rings. The number of carbonyl (C=O) groups excluding carboxylic acids is 2. The van der Waals surface area contributed by atoms with Gasteiger partial charge in [-0.2, -0.15) is 0 Å². The number of halogens is 2. The summed E-state index contributed by atoms with van der Waals surface area (Å²) < 4.78 is 13.1. The maximum absolute atomic E-state index is 13.1. The van der Waals surface area contributed by atoms with E-state index in [9.17, 15) is 14.0 Å². The molecule has 0 heterocycles. The molecule has 24 heavy (non-hydrogen) atoms. The standard InChI is InChI=1S/C18H16ClFN2O2/c19-15-8-12(6-7-16(15)20)22-17(23)10-21-18(24)14-9-13(14)11-4-2-1-3-5-11/h1-8,13-14H,9-10H2,(H,21,24)(H,22,23). The SMILES string of the molecule is O=C(CNC(=O)C1CC1c1ccccc1)Nc1ccc(F)c(Cl)c1. The summed E-state index contributed by atoms with van der Waals surface area (Å²) in [4.78, 5) is 23.9. The second kappa shape index (κ2) is 7.01. The van der Waals surface area contributed by atoms with Gasteiger partial charge in [-0.15, -0.1) is 0 Å². The van der Waals surface area contributed by atoms with Crippen molar-refractivity contribution in [2.24, 2.45) is 5.92 Å². The summed E-state index contributed by atoms with van der Waals surface area (Å²) in [7, 11) is 0. The molecule has 4 nitrogen and oxygen atoms in total. The number of hydrogen-bond acceptors (Lipinski definition) is 2. The van der Waals surface area contributed by atoms with Crippen molar-refractivity contribution in [2.75, 3.05) is 11.9 Å². The molecule has 1 aliphatic rings. The molecule has 1 aliphatic carbocycles. The first kappa shape index (κ1) is 16.5. The van der Waals surface area contributed by atoms with Gasteiger partial charge in [-0.1, -0.05) is 41.9 Å². The Hall–Kier alpha value is -2.40. The molecule has 2 unspecified atom stereocenters. The van der Waals surface area contributed by atoms with Crippen LogP contribution < -0.4 is 10.6 Å². The van der Waals surface area contributed by atoms with E-state index in [1.807, 2.05) is 30.3 Å². The van der Waals surface area contributed by atoms with Crippen LogP contribution in [-0.2, 0) is 9.59 Å². The lowest BCUT2D eigenvalue weighted by molar-refractivity contribution is -0.125. The van der Waals surface area contributed by atoms with E-state index in [4.69, 9.17) is 11.6 Å². The first-order valence-electron chi connectivity index (χ1n) is 7.62. The number of benzene rings is 2. The van der Waals surface area contributed by atoms with Gasteiger partial charge in [0.2, 0.25) is 11.8 Å². The van der Waals surface area contributed by atoms with Gasteiger partial charge in [0, 0.05) is 11.6 Å². The molecule has 2 N–H and O–H groups in total. The van der Waals surface area contributed by atoms with E-state index in [-0.39, 0.29) is 35.2 Å². The summed E-state index contributed by atoms with van der Waals surface area (Å²) in [5, 5.41) is 5.13. The summed E-state index contributed by atoms with van der Waals surface area (Å²) in [6.45, 7) is -0.133. The molecule has 0 bridgehead atoms. The topological polar surface area (TPSA) is 58.2 Å². The number of rotatable bonds is 5. The Morgan fingerprint density at radius 1 is 1.17 bits per heavy atom. The fourth-order valence-corrected chi connectivity index (χ4v) is 2.81. The molecule has 2 atom stereocenters. The van der Waals surface area contributed by atoms with Crippen LogP contribution in [0.3, 0.4) is 0 Å². The average molecular weight is 347 g/mol. The van der Waals surface area contributed by atoms with Crippen molar-refractivity contribution < 1.29 is 14.0 Å². The van der Waals surface area contributed by atoms with Crippen LogP contribution in [0.1, 0.15) is 17.9 Å². The minimum absolute atomic E-state index is 0.0690. The lowest BCUT2D eigenvalue weighted by Crippen LogP contribution is -2.34. The highest BCUT2D eigenvalue weighted by molar-refractivity contribution is 6.31. The predicted octanol–water partition coefficient (Wildman–Crippen LogP) is 3.34. The number of amides is 2. The van der Waals surface area contributed by atoms with Crippen molar-refractivity contribution in [3.05, 3.63) is 64.9 Å². The van der Waals surface area contributed by atoms with Crippen LogP contribution in [-0.4, -0.2) is 18.4 Å². The highest BCUT2D eigenvalue weighted by atomic mass is 35.5. The zero-order chi connectivity index (χ0) is 17.1. The van der Waals surface area contributed by atoms with E-state index >= 15 is 0 Å². The van der Waals surface area contributed by atoms with E-state index in [0.29, 0.717) is 5.69 Å². The number of carbonyl (C=O) groups is 2. The molecule has 0 saturated heterocycles. The average Bonchev–Trinajstić information content (AvgIpc) is 3.38. The second-order valence-corrected chi connectivity index (χ2v) is 6.16. The highest BCUT2D eigenvalue weighted by Gasteiger charge is 2.43. The Labute approximate surface area is 144 Å². The summed E-state index contributed by atoms with van der Waals surface area (Å²) in [5.74, 6) is -0.923. The van der Waals surface area contributed by atoms with Crippen molar-refractivity contribution in [1.82, 2.24) is 5.32 Å². The minimum atomic E-state index is -0.552. The lowest BCUT2D eigenvalue weighted by atomic mass is 10.1. The van der Waals surface area contributed by atoms with Gasteiger partial charge < -0.3 is 10.6 Å². The molecule has 2 aromatic carbocycles. The summed E-state index contributed by atoms with van der Waals surface area (Å²) in [6.07, 6.45) is 0.797. The van der Waals surface area contributed by atoms with E-state index in [1.54, 1.807) is 0 Å². The largest absolute Gasteiger partial charge is 0.347 e. The molecule has 3 rings (SSSR count). The molecular weight excluding hydrogens is 331 g/mol. The van der Waals surface area contributed by atoms with E-state index in [1.165, 1.54) is 18.2 Å². The van der Waals surface area contributed by atoms with Crippen molar-refractivity contribution in [2.45, 2.75) is 12.3 Å². The van der Waals surface area contributed by atoms with Gasteiger partial charge in [0.25, 0.3) is 0 Å². The third-order valence-corrected chi connectivity index (χ3v) is 4.27. The van der Waals surface area contributed by atoms with E-state index < -0.39 is 5.82 Å². The molecule has 0 aromatic heterocycles. The van der Waals surface area contributed by atoms with Crippen molar-refractivity contribution in [1.29, 1.82) is 0 Å². The maximum Gasteiger partial charge on any atom is 0.243 e. The Bertz CT molecular complexity index is 767. The monoisotopic (exact) mass is 346 g/mol. The van der Waals surface area contributed by atoms with Crippen LogP contribution in [0.2, 0.25) is 5.02 Å². The summed E-state index contributed by atoms with van der Waals surface area (Å²) in [5.41, 5.74) is 1.53. The number of anilines is 1. The summed E-state index contributed by atoms with van der Waals surface area (Å²) >= 11 is 5.65. The highest BCUT2D eigenvalue weighted by Crippen LogP contribution is 2.47. The van der Waals surface area contributed by atoms with Gasteiger partial charge >= 0.3 is 0 Å². The van der Waals surface area contributed by atoms with Gasteiger partial charge in [0.15, 0.2) is 0 Å². The molecule has 2 amide bonds. The first-order chi connectivity index (χ1) is 11.5. The first-order valence-corrected chi connectivity index (χ1v) is 8.00. The second-order valence-electron chi connectivity index (χ2n) is 5.75. The molecule has 124 valence electrons. The van der Waals surface area contributed by atoms with Crippen LogP contribution in [0.5, 0.6) is 0 Å².